The molecule has 4 heteroatoms. The first-order valence-corrected chi connectivity index (χ1v) is 7.99. The predicted octanol–water partition coefficient (Wildman–Crippen LogP) is 3.49. The van der Waals surface area contributed by atoms with E-state index < -0.39 is 0 Å². The van der Waals surface area contributed by atoms with Crippen LogP contribution >= 0.6 is 11.3 Å². The molecule has 3 nitrogen and oxygen atoms in total. The molecule has 0 saturated heterocycles. The van der Waals surface area contributed by atoms with E-state index in [1.165, 1.54) is 35.0 Å². The van der Waals surface area contributed by atoms with E-state index in [1.54, 1.807) is 0 Å². The van der Waals surface area contributed by atoms with E-state index in [4.69, 9.17) is 10.7 Å². The molecule has 1 aromatic heterocycles. The third-order valence-electron chi connectivity index (χ3n) is 3.68. The van der Waals surface area contributed by atoms with Gasteiger partial charge in [-0.2, -0.15) is 0 Å². The van der Waals surface area contributed by atoms with Gasteiger partial charge in [-0.1, -0.05) is 20.8 Å². The van der Waals surface area contributed by atoms with Crippen molar-refractivity contribution in [1.82, 2.24) is 4.98 Å². The SMILES string of the molecule is CCCN(c1nc(C(C)CC)c(CN)s1)C1CC1. The van der Waals surface area contributed by atoms with Crippen LogP contribution in [0.1, 0.15) is 62.9 Å². The second kappa shape index (κ2) is 6.02. The molecule has 0 radical (unpaired) electrons. The van der Waals surface area contributed by atoms with E-state index in [9.17, 15) is 0 Å². The highest BCUT2D eigenvalue weighted by molar-refractivity contribution is 7.15. The Kier molecular flexibility index (Phi) is 4.62. The number of aromatic nitrogens is 1. The highest BCUT2D eigenvalue weighted by atomic mass is 32.1. The predicted molar refractivity (Wildman–Crippen MR) is 79.4 cm³/mol. The summed E-state index contributed by atoms with van der Waals surface area (Å²) >= 11 is 1.81. The van der Waals surface area contributed by atoms with Gasteiger partial charge in [-0.25, -0.2) is 4.98 Å². The summed E-state index contributed by atoms with van der Waals surface area (Å²) < 4.78 is 0. The second-order valence-corrected chi connectivity index (χ2v) is 6.30. The zero-order valence-electron chi connectivity index (χ0n) is 11.8. The fourth-order valence-electron chi connectivity index (χ4n) is 2.26. The van der Waals surface area contributed by atoms with Crippen molar-refractivity contribution in [3.05, 3.63) is 10.6 Å². The first-order valence-electron chi connectivity index (χ1n) is 7.17. The molecule has 2 rings (SSSR count). The van der Waals surface area contributed by atoms with Gasteiger partial charge in [0.05, 0.1) is 5.69 Å². The van der Waals surface area contributed by atoms with Crippen LogP contribution in [0.2, 0.25) is 0 Å². The summed E-state index contributed by atoms with van der Waals surface area (Å²) in [5.74, 6) is 0.524. The number of thiazole rings is 1. The molecule has 1 saturated carbocycles. The van der Waals surface area contributed by atoms with Crippen LogP contribution in [0.15, 0.2) is 0 Å². The highest BCUT2D eigenvalue weighted by Gasteiger charge is 2.31. The van der Waals surface area contributed by atoms with Crippen molar-refractivity contribution in [2.45, 2.75) is 65.0 Å². The maximum Gasteiger partial charge on any atom is 0.186 e. The van der Waals surface area contributed by atoms with Crippen molar-refractivity contribution in [2.75, 3.05) is 11.4 Å². The zero-order chi connectivity index (χ0) is 13.1. The number of rotatable bonds is 7. The quantitative estimate of drug-likeness (QED) is 0.822. The molecule has 1 aromatic rings. The minimum Gasteiger partial charge on any atom is -0.345 e. The third-order valence-corrected chi connectivity index (χ3v) is 4.81. The van der Waals surface area contributed by atoms with Gasteiger partial charge in [-0.15, -0.1) is 11.3 Å². The lowest BCUT2D eigenvalue weighted by Gasteiger charge is -2.20. The van der Waals surface area contributed by atoms with Gasteiger partial charge in [0.1, 0.15) is 0 Å². The summed E-state index contributed by atoms with van der Waals surface area (Å²) in [6, 6.07) is 0.742. The van der Waals surface area contributed by atoms with Crippen LogP contribution in [-0.2, 0) is 6.54 Å². The van der Waals surface area contributed by atoms with E-state index in [1.807, 2.05) is 11.3 Å². The molecule has 0 spiro atoms. The molecular formula is C14H25N3S. The van der Waals surface area contributed by atoms with Gasteiger partial charge in [0, 0.05) is 24.0 Å². The molecule has 0 aromatic carbocycles. The number of nitrogens with zero attached hydrogens (tertiary/aromatic N) is 2. The molecule has 0 aliphatic heterocycles. The minimum absolute atomic E-state index is 0.524. The zero-order valence-corrected chi connectivity index (χ0v) is 12.6. The smallest absolute Gasteiger partial charge is 0.186 e. The molecule has 18 heavy (non-hydrogen) atoms. The molecule has 2 N–H and O–H groups in total. The molecule has 1 aliphatic carbocycles. The Hall–Kier alpha value is -0.610. The van der Waals surface area contributed by atoms with Crippen molar-refractivity contribution < 1.29 is 0 Å². The molecule has 1 fully saturated rings. The van der Waals surface area contributed by atoms with Crippen molar-refractivity contribution in [2.24, 2.45) is 5.73 Å². The monoisotopic (exact) mass is 267 g/mol. The fraction of sp³-hybridized carbons (Fsp3) is 0.786. The van der Waals surface area contributed by atoms with E-state index in [2.05, 4.69) is 25.7 Å². The van der Waals surface area contributed by atoms with E-state index in [0.717, 1.165) is 19.0 Å². The number of nitrogens with two attached hydrogens (primary N) is 1. The lowest BCUT2D eigenvalue weighted by molar-refractivity contribution is 0.696. The van der Waals surface area contributed by atoms with Gasteiger partial charge < -0.3 is 10.6 Å². The molecular weight excluding hydrogens is 242 g/mol. The summed E-state index contributed by atoms with van der Waals surface area (Å²) in [5.41, 5.74) is 7.11. The number of anilines is 1. The lowest BCUT2D eigenvalue weighted by atomic mass is 10.0. The Balaban J connectivity index is 2.24. The molecule has 102 valence electrons. The average molecular weight is 267 g/mol. The van der Waals surface area contributed by atoms with Crippen LogP contribution in [-0.4, -0.2) is 17.6 Å². The van der Waals surface area contributed by atoms with Gasteiger partial charge in [-0.05, 0) is 31.6 Å². The first-order chi connectivity index (χ1) is 8.71. The van der Waals surface area contributed by atoms with E-state index in [0.29, 0.717) is 12.5 Å². The number of hydrogen-bond donors (Lipinski definition) is 1. The molecule has 1 atom stereocenters. The first kappa shape index (κ1) is 13.8. The summed E-state index contributed by atoms with van der Waals surface area (Å²) in [6.45, 7) is 8.46. The normalized spacial score (nSPS) is 16.9. The van der Waals surface area contributed by atoms with Gasteiger partial charge in [0.15, 0.2) is 5.13 Å². The molecule has 0 bridgehead atoms. The molecule has 0 amide bonds. The van der Waals surface area contributed by atoms with Crippen molar-refractivity contribution >= 4 is 16.5 Å². The van der Waals surface area contributed by atoms with Gasteiger partial charge in [0.2, 0.25) is 0 Å². The Bertz CT molecular complexity index is 384. The highest BCUT2D eigenvalue weighted by Crippen LogP contribution is 2.37. The Labute approximate surface area is 114 Å². The Morgan fingerprint density at radius 1 is 1.44 bits per heavy atom. The Morgan fingerprint density at radius 3 is 2.67 bits per heavy atom. The standard InChI is InChI=1S/C14H25N3S/c1-4-8-17(11-6-7-11)14-16-13(10(3)5-2)12(9-15)18-14/h10-11H,4-9,15H2,1-3H3. The van der Waals surface area contributed by atoms with Gasteiger partial charge in [-0.3, -0.25) is 0 Å². The van der Waals surface area contributed by atoms with Gasteiger partial charge >= 0.3 is 0 Å². The summed E-state index contributed by atoms with van der Waals surface area (Å²) in [5, 5.41) is 1.20. The van der Waals surface area contributed by atoms with Crippen LogP contribution in [0, 0.1) is 0 Å². The maximum atomic E-state index is 5.87. The topological polar surface area (TPSA) is 42.2 Å². The maximum absolute atomic E-state index is 5.87. The molecule has 1 heterocycles. The lowest BCUT2D eigenvalue weighted by Crippen LogP contribution is -2.26. The van der Waals surface area contributed by atoms with Crippen LogP contribution in [0.25, 0.3) is 0 Å². The summed E-state index contributed by atoms with van der Waals surface area (Å²) in [7, 11) is 0. The van der Waals surface area contributed by atoms with Crippen LogP contribution in [0.4, 0.5) is 5.13 Å². The fourth-order valence-corrected chi connectivity index (χ4v) is 3.42. The van der Waals surface area contributed by atoms with Crippen LogP contribution in [0.3, 0.4) is 0 Å². The summed E-state index contributed by atoms with van der Waals surface area (Å²) in [4.78, 5) is 8.67. The van der Waals surface area contributed by atoms with Crippen molar-refractivity contribution in [3.8, 4) is 0 Å². The Morgan fingerprint density at radius 2 is 2.17 bits per heavy atom. The van der Waals surface area contributed by atoms with Crippen LogP contribution in [0.5, 0.6) is 0 Å². The summed E-state index contributed by atoms with van der Waals surface area (Å²) in [6.07, 6.45) is 4.98. The molecule has 1 aliphatic rings. The van der Waals surface area contributed by atoms with E-state index >= 15 is 0 Å². The number of hydrogen-bond acceptors (Lipinski definition) is 4. The van der Waals surface area contributed by atoms with E-state index in [-0.39, 0.29) is 0 Å². The minimum atomic E-state index is 0.524. The average Bonchev–Trinajstić information content (AvgIpc) is 3.13. The van der Waals surface area contributed by atoms with Crippen molar-refractivity contribution in [1.29, 1.82) is 0 Å². The largest absolute Gasteiger partial charge is 0.345 e. The van der Waals surface area contributed by atoms with Gasteiger partial charge in [0.25, 0.3) is 0 Å². The molecule has 1 unspecified atom stereocenters. The van der Waals surface area contributed by atoms with Crippen molar-refractivity contribution in [3.63, 3.8) is 0 Å². The third kappa shape index (κ3) is 2.86. The van der Waals surface area contributed by atoms with Crippen LogP contribution < -0.4 is 10.6 Å². The second-order valence-electron chi connectivity index (χ2n) is 5.24.